The first-order chi connectivity index (χ1) is 14.7. The Morgan fingerprint density at radius 2 is 1.65 bits per heavy atom. The molecule has 11 nitrogen and oxygen atoms in total. The zero-order valence-electron chi connectivity index (χ0n) is 17.6. The molecule has 0 saturated carbocycles. The predicted octanol–water partition coefficient (Wildman–Crippen LogP) is -1.51. The molecule has 6 N–H and O–H groups in total. The second-order valence-electron chi connectivity index (χ2n) is 7.84. The van der Waals surface area contributed by atoms with Gasteiger partial charge in [0.1, 0.15) is 18.1 Å². The lowest BCUT2D eigenvalue weighted by molar-refractivity contribution is -0.149. The fourth-order valence-electron chi connectivity index (χ4n) is 4.07. The van der Waals surface area contributed by atoms with E-state index in [1.54, 1.807) is 0 Å². The smallest absolute Gasteiger partial charge is 0.326 e. The molecule has 2 aliphatic rings. The first kappa shape index (κ1) is 24.9. The van der Waals surface area contributed by atoms with Crippen LogP contribution in [0.25, 0.3) is 0 Å². The Bertz CT molecular complexity index is 720. The highest BCUT2D eigenvalue weighted by Gasteiger charge is 2.40. The average molecular weight is 458 g/mol. The number of carbonyl (C=O) groups is 5. The van der Waals surface area contributed by atoms with E-state index in [0.29, 0.717) is 50.9 Å². The van der Waals surface area contributed by atoms with Gasteiger partial charge in [0.05, 0.1) is 12.5 Å². The molecular weight excluding hydrogens is 426 g/mol. The van der Waals surface area contributed by atoms with Gasteiger partial charge in [-0.3, -0.25) is 19.2 Å². The number of amides is 4. The second kappa shape index (κ2) is 11.3. The molecule has 0 spiro atoms. The van der Waals surface area contributed by atoms with Crippen LogP contribution in [0.3, 0.4) is 0 Å². The van der Waals surface area contributed by atoms with Gasteiger partial charge in [-0.25, -0.2) is 4.79 Å². The number of carboxylic acids is 1. The maximum Gasteiger partial charge on any atom is 0.326 e. The van der Waals surface area contributed by atoms with Crippen molar-refractivity contribution < 1.29 is 29.1 Å². The minimum absolute atomic E-state index is 0.315. The molecule has 174 valence electrons. The van der Waals surface area contributed by atoms with Crippen molar-refractivity contribution >= 4 is 41.4 Å². The summed E-state index contributed by atoms with van der Waals surface area (Å²) in [6.45, 7) is 0.650. The van der Waals surface area contributed by atoms with Crippen LogP contribution in [0.5, 0.6) is 0 Å². The Kier molecular flexibility index (Phi) is 9.11. The first-order valence-electron chi connectivity index (χ1n) is 10.3. The van der Waals surface area contributed by atoms with E-state index >= 15 is 0 Å². The molecule has 0 aromatic rings. The topological polar surface area (TPSA) is 176 Å². The predicted molar refractivity (Wildman–Crippen MR) is 114 cm³/mol. The second-order valence-corrected chi connectivity index (χ2v) is 8.82. The number of likely N-dealkylation sites (tertiary alicyclic amines) is 2. The Morgan fingerprint density at radius 3 is 2.19 bits per heavy atom. The van der Waals surface area contributed by atoms with Gasteiger partial charge < -0.3 is 31.7 Å². The molecule has 2 aliphatic heterocycles. The highest BCUT2D eigenvalue weighted by molar-refractivity contribution is 7.98. The van der Waals surface area contributed by atoms with Crippen LogP contribution in [0, 0.1) is 0 Å². The summed E-state index contributed by atoms with van der Waals surface area (Å²) >= 11 is 1.51. The molecule has 2 fully saturated rings. The van der Waals surface area contributed by atoms with Crippen LogP contribution in [-0.4, -0.2) is 93.8 Å². The molecular formula is C19H31N5O6S. The van der Waals surface area contributed by atoms with Gasteiger partial charge in [0, 0.05) is 13.1 Å². The van der Waals surface area contributed by atoms with Crippen molar-refractivity contribution in [3.05, 3.63) is 0 Å². The summed E-state index contributed by atoms with van der Waals surface area (Å²) in [5, 5.41) is 12.1. The van der Waals surface area contributed by atoms with Crippen molar-refractivity contribution in [3.63, 3.8) is 0 Å². The van der Waals surface area contributed by atoms with Gasteiger partial charge in [-0.15, -0.1) is 0 Å². The first-order valence-corrected chi connectivity index (χ1v) is 11.7. The van der Waals surface area contributed by atoms with E-state index in [2.05, 4.69) is 5.32 Å². The molecule has 0 aromatic heterocycles. The van der Waals surface area contributed by atoms with Gasteiger partial charge in [-0.05, 0) is 44.1 Å². The molecule has 0 aromatic carbocycles. The minimum atomic E-state index is -1.12. The normalized spacial score (nSPS) is 22.8. The summed E-state index contributed by atoms with van der Waals surface area (Å²) in [5.74, 6) is -2.61. The van der Waals surface area contributed by atoms with Crippen LogP contribution >= 0.6 is 11.8 Å². The summed E-state index contributed by atoms with van der Waals surface area (Å²) in [6, 6.07) is -3.69. The Balaban J connectivity index is 2.10. The third kappa shape index (κ3) is 6.33. The third-order valence-corrected chi connectivity index (χ3v) is 6.27. The van der Waals surface area contributed by atoms with Crippen LogP contribution < -0.4 is 16.8 Å². The van der Waals surface area contributed by atoms with Crippen LogP contribution in [0.4, 0.5) is 0 Å². The van der Waals surface area contributed by atoms with Gasteiger partial charge in [0.15, 0.2) is 0 Å². The lowest BCUT2D eigenvalue weighted by atomic mass is 10.1. The molecule has 4 unspecified atom stereocenters. The number of nitrogens with one attached hydrogen (secondary N) is 1. The quantitative estimate of drug-likeness (QED) is 0.306. The van der Waals surface area contributed by atoms with Crippen molar-refractivity contribution in [1.29, 1.82) is 0 Å². The van der Waals surface area contributed by atoms with Crippen LogP contribution in [0.2, 0.25) is 0 Å². The monoisotopic (exact) mass is 457 g/mol. The number of primary amides is 1. The Labute approximate surface area is 185 Å². The SMILES string of the molecule is CSCCC(NC(=O)C1CCCN1C(=O)C(N)CC(N)=O)C(=O)N1CCCC1C(=O)O. The minimum Gasteiger partial charge on any atom is -0.480 e. The van der Waals surface area contributed by atoms with Crippen LogP contribution in [0.15, 0.2) is 0 Å². The molecule has 31 heavy (non-hydrogen) atoms. The largest absolute Gasteiger partial charge is 0.480 e. The molecule has 2 heterocycles. The summed E-state index contributed by atoms with van der Waals surface area (Å²) in [4.78, 5) is 63.8. The summed E-state index contributed by atoms with van der Waals surface area (Å²) in [7, 11) is 0. The van der Waals surface area contributed by atoms with Gasteiger partial charge in [-0.1, -0.05) is 0 Å². The summed E-state index contributed by atoms with van der Waals surface area (Å²) in [5.41, 5.74) is 10.9. The lowest BCUT2D eigenvalue weighted by Crippen LogP contribution is -2.57. The molecule has 12 heteroatoms. The highest BCUT2D eigenvalue weighted by Crippen LogP contribution is 2.22. The average Bonchev–Trinajstić information content (AvgIpc) is 3.38. The number of hydrogen-bond acceptors (Lipinski definition) is 7. The lowest BCUT2D eigenvalue weighted by Gasteiger charge is -2.30. The molecule has 0 radical (unpaired) electrons. The maximum absolute atomic E-state index is 13.0. The van der Waals surface area contributed by atoms with E-state index in [4.69, 9.17) is 11.5 Å². The van der Waals surface area contributed by atoms with E-state index in [0.717, 1.165) is 0 Å². The van der Waals surface area contributed by atoms with Gasteiger partial charge >= 0.3 is 5.97 Å². The number of nitrogens with two attached hydrogens (primary N) is 2. The van der Waals surface area contributed by atoms with Gasteiger partial charge in [0.25, 0.3) is 0 Å². The van der Waals surface area contributed by atoms with Gasteiger partial charge in [0.2, 0.25) is 23.6 Å². The van der Waals surface area contributed by atoms with E-state index < -0.39 is 53.8 Å². The third-order valence-electron chi connectivity index (χ3n) is 5.62. The van der Waals surface area contributed by atoms with Gasteiger partial charge in [-0.2, -0.15) is 11.8 Å². The molecule has 2 saturated heterocycles. The number of carbonyl (C=O) groups excluding carboxylic acids is 4. The number of carboxylic acid groups (broad SMARTS) is 1. The van der Waals surface area contributed by atoms with Crippen molar-refractivity contribution in [3.8, 4) is 0 Å². The number of hydrogen-bond donors (Lipinski definition) is 4. The zero-order chi connectivity index (χ0) is 23.1. The van der Waals surface area contributed by atoms with Crippen LogP contribution in [0.1, 0.15) is 38.5 Å². The van der Waals surface area contributed by atoms with E-state index in [9.17, 15) is 29.1 Å². The van der Waals surface area contributed by atoms with Crippen molar-refractivity contribution in [2.45, 2.75) is 62.7 Å². The number of thioether (sulfide) groups is 1. The maximum atomic E-state index is 13.0. The number of nitrogens with zero attached hydrogens (tertiary/aromatic N) is 2. The van der Waals surface area contributed by atoms with E-state index in [1.807, 2.05) is 6.26 Å². The summed E-state index contributed by atoms with van der Waals surface area (Å²) in [6.07, 6.45) is 3.87. The Morgan fingerprint density at radius 1 is 1.06 bits per heavy atom. The molecule has 2 rings (SSSR count). The molecule has 4 atom stereocenters. The van der Waals surface area contributed by atoms with E-state index in [-0.39, 0.29) is 6.42 Å². The molecule has 0 bridgehead atoms. The fourth-order valence-corrected chi connectivity index (χ4v) is 4.54. The van der Waals surface area contributed by atoms with E-state index in [1.165, 1.54) is 21.6 Å². The Hall–Kier alpha value is -2.34. The summed E-state index contributed by atoms with van der Waals surface area (Å²) < 4.78 is 0. The van der Waals surface area contributed by atoms with Crippen molar-refractivity contribution in [2.24, 2.45) is 11.5 Å². The van der Waals surface area contributed by atoms with Crippen LogP contribution in [-0.2, 0) is 24.0 Å². The number of rotatable bonds is 10. The fraction of sp³-hybridized carbons (Fsp3) is 0.737. The zero-order valence-corrected chi connectivity index (χ0v) is 18.4. The number of aliphatic carboxylic acids is 1. The van der Waals surface area contributed by atoms with Crippen molar-refractivity contribution in [1.82, 2.24) is 15.1 Å². The molecule has 4 amide bonds. The molecule has 0 aliphatic carbocycles. The van der Waals surface area contributed by atoms with Crippen molar-refractivity contribution in [2.75, 3.05) is 25.1 Å². The highest BCUT2D eigenvalue weighted by atomic mass is 32.2. The standard InChI is InChI=1S/C19H31N5O6S/c1-31-9-6-12(18(28)24-8-3-5-14(24)19(29)30)22-16(26)13-4-2-7-23(13)17(27)11(20)10-15(21)25/h11-14H,2-10,20H2,1H3,(H2,21,25)(H,22,26)(H,29,30).